The maximum absolute atomic E-state index is 13.4. The number of rotatable bonds is 4. The number of halogens is 2. The van der Waals surface area contributed by atoms with Crippen LogP contribution in [0, 0.1) is 5.82 Å². The minimum absolute atomic E-state index is 0. The maximum atomic E-state index is 13.4. The van der Waals surface area contributed by atoms with Gasteiger partial charge in [-0.2, -0.15) is 0 Å². The van der Waals surface area contributed by atoms with Crippen molar-refractivity contribution < 1.29 is 14.0 Å². The van der Waals surface area contributed by atoms with Crippen LogP contribution in [-0.2, 0) is 9.59 Å². The second-order valence-corrected chi connectivity index (χ2v) is 6.21. The lowest BCUT2D eigenvalue weighted by Crippen LogP contribution is -2.45. The van der Waals surface area contributed by atoms with Gasteiger partial charge in [-0.25, -0.2) is 4.39 Å². The van der Waals surface area contributed by atoms with E-state index in [1.54, 1.807) is 6.07 Å². The van der Waals surface area contributed by atoms with Crippen LogP contribution in [-0.4, -0.2) is 42.4 Å². The predicted octanol–water partition coefficient (Wildman–Crippen LogP) is 2.27. The van der Waals surface area contributed by atoms with Gasteiger partial charge in [-0.05, 0) is 37.1 Å². The largest absolute Gasteiger partial charge is 0.338 e. The monoisotopic (exact) mass is 355 g/mol. The van der Waals surface area contributed by atoms with Gasteiger partial charge in [0.15, 0.2) is 0 Å². The van der Waals surface area contributed by atoms with Crippen molar-refractivity contribution in [2.24, 2.45) is 0 Å². The van der Waals surface area contributed by atoms with E-state index in [4.69, 9.17) is 0 Å². The Morgan fingerprint density at radius 1 is 1.42 bits per heavy atom. The Kier molecular flexibility index (Phi) is 6.18. The normalized spacial score (nSPS) is 22.3. The molecule has 2 atom stereocenters. The number of fused-ring (bicyclic) bond motifs is 1. The van der Waals surface area contributed by atoms with Crippen molar-refractivity contribution in [3.05, 3.63) is 29.6 Å². The highest BCUT2D eigenvalue weighted by atomic mass is 35.5. The van der Waals surface area contributed by atoms with Crippen molar-refractivity contribution in [3.63, 3.8) is 0 Å². The van der Waals surface area contributed by atoms with E-state index in [2.05, 4.69) is 10.6 Å². The van der Waals surface area contributed by atoms with Crippen LogP contribution < -0.4 is 10.6 Å². The Morgan fingerprint density at radius 2 is 2.21 bits per heavy atom. The summed E-state index contributed by atoms with van der Waals surface area (Å²) in [5, 5.41) is 5.95. The molecular weight excluding hydrogens is 333 g/mol. The molecule has 24 heavy (non-hydrogen) atoms. The first kappa shape index (κ1) is 18.7. The van der Waals surface area contributed by atoms with Gasteiger partial charge in [0, 0.05) is 31.2 Å². The third-order valence-electron chi connectivity index (χ3n) is 4.58. The van der Waals surface area contributed by atoms with Gasteiger partial charge in [-0.3, -0.25) is 9.59 Å². The van der Waals surface area contributed by atoms with Crippen molar-refractivity contribution in [3.8, 4) is 0 Å². The van der Waals surface area contributed by atoms with Crippen molar-refractivity contribution in [1.29, 1.82) is 0 Å². The highest BCUT2D eigenvalue weighted by molar-refractivity contribution is 6.01. The number of hydrogen-bond donors (Lipinski definition) is 2. The molecule has 7 heteroatoms. The summed E-state index contributed by atoms with van der Waals surface area (Å²) >= 11 is 0. The molecule has 1 saturated heterocycles. The van der Waals surface area contributed by atoms with Crippen LogP contribution in [0.25, 0.3) is 0 Å². The predicted molar refractivity (Wildman–Crippen MR) is 92.9 cm³/mol. The Bertz CT molecular complexity index is 620. The van der Waals surface area contributed by atoms with E-state index in [9.17, 15) is 14.0 Å². The molecule has 3 rings (SSSR count). The topological polar surface area (TPSA) is 61.4 Å². The average molecular weight is 356 g/mol. The molecule has 1 aromatic carbocycles. The fraction of sp³-hybridized carbons (Fsp3) is 0.529. The highest BCUT2D eigenvalue weighted by Gasteiger charge is 2.36. The quantitative estimate of drug-likeness (QED) is 0.871. The standard InChI is InChI=1S/C17H22FN3O2.ClH/c1-2-7-21(12-5-6-19-10-12)17(23)14-9-16(22)20-15-8-11(18)3-4-13(14)15;/h3-4,8,12,14,19H,2,5-7,9-10H2,1H3,(H,20,22);1H. The number of carbonyl (C=O) groups excluding carboxylic acids is 2. The first-order valence-corrected chi connectivity index (χ1v) is 8.20. The summed E-state index contributed by atoms with van der Waals surface area (Å²) in [6.45, 7) is 4.42. The molecule has 0 radical (unpaired) electrons. The van der Waals surface area contributed by atoms with E-state index in [0.717, 1.165) is 25.9 Å². The van der Waals surface area contributed by atoms with Gasteiger partial charge in [0.05, 0.1) is 5.92 Å². The van der Waals surface area contributed by atoms with Crippen LogP contribution in [0.2, 0.25) is 0 Å². The molecule has 1 fully saturated rings. The Morgan fingerprint density at radius 3 is 2.88 bits per heavy atom. The summed E-state index contributed by atoms with van der Waals surface area (Å²) in [6, 6.07) is 4.42. The highest BCUT2D eigenvalue weighted by Crippen LogP contribution is 2.34. The van der Waals surface area contributed by atoms with Gasteiger partial charge >= 0.3 is 0 Å². The van der Waals surface area contributed by atoms with E-state index in [0.29, 0.717) is 17.8 Å². The number of benzene rings is 1. The lowest BCUT2D eigenvalue weighted by molar-refractivity contribution is -0.136. The van der Waals surface area contributed by atoms with E-state index in [1.165, 1.54) is 12.1 Å². The van der Waals surface area contributed by atoms with E-state index < -0.39 is 11.7 Å². The first-order valence-electron chi connectivity index (χ1n) is 8.20. The second kappa shape index (κ2) is 7.94. The van der Waals surface area contributed by atoms with Crippen LogP contribution >= 0.6 is 12.4 Å². The van der Waals surface area contributed by atoms with Gasteiger partial charge in [-0.15, -0.1) is 12.4 Å². The number of amides is 2. The van der Waals surface area contributed by atoms with Gasteiger partial charge in [0.2, 0.25) is 11.8 Å². The molecule has 2 aliphatic heterocycles. The molecule has 2 aliphatic rings. The van der Waals surface area contributed by atoms with E-state index in [1.807, 2.05) is 11.8 Å². The smallest absolute Gasteiger partial charge is 0.231 e. The van der Waals surface area contributed by atoms with Crippen molar-refractivity contribution in [2.45, 2.75) is 38.1 Å². The average Bonchev–Trinajstić information content (AvgIpc) is 3.04. The minimum atomic E-state index is -0.522. The van der Waals surface area contributed by atoms with Crippen molar-refractivity contribution in [2.75, 3.05) is 25.0 Å². The number of hydrogen-bond acceptors (Lipinski definition) is 3. The third kappa shape index (κ3) is 3.70. The Labute approximate surface area is 147 Å². The number of nitrogens with one attached hydrogen (secondary N) is 2. The summed E-state index contributed by atoms with van der Waals surface area (Å²) in [5.41, 5.74) is 1.13. The second-order valence-electron chi connectivity index (χ2n) is 6.21. The van der Waals surface area contributed by atoms with Crippen LogP contribution in [0.15, 0.2) is 18.2 Å². The lowest BCUT2D eigenvalue weighted by atomic mass is 9.88. The zero-order valence-electron chi connectivity index (χ0n) is 13.7. The van der Waals surface area contributed by atoms with Gasteiger partial charge in [0.1, 0.15) is 5.82 Å². The molecule has 1 aromatic rings. The molecule has 132 valence electrons. The fourth-order valence-electron chi connectivity index (χ4n) is 3.48. The maximum Gasteiger partial charge on any atom is 0.231 e. The lowest BCUT2D eigenvalue weighted by Gasteiger charge is -2.34. The van der Waals surface area contributed by atoms with Crippen molar-refractivity contribution in [1.82, 2.24) is 10.2 Å². The molecule has 0 aromatic heterocycles. The Hall–Kier alpha value is -1.66. The first-order chi connectivity index (χ1) is 11.1. The number of anilines is 1. The van der Waals surface area contributed by atoms with Gasteiger partial charge < -0.3 is 15.5 Å². The molecule has 0 saturated carbocycles. The fourth-order valence-corrected chi connectivity index (χ4v) is 3.48. The molecule has 5 nitrogen and oxygen atoms in total. The van der Waals surface area contributed by atoms with Gasteiger partial charge in [0.25, 0.3) is 0 Å². The summed E-state index contributed by atoms with van der Waals surface area (Å²) in [4.78, 5) is 26.9. The number of nitrogens with zero attached hydrogens (tertiary/aromatic N) is 1. The minimum Gasteiger partial charge on any atom is -0.338 e. The van der Waals surface area contributed by atoms with E-state index in [-0.39, 0.29) is 36.7 Å². The summed E-state index contributed by atoms with van der Waals surface area (Å²) < 4.78 is 13.4. The van der Waals surface area contributed by atoms with Gasteiger partial charge in [-0.1, -0.05) is 13.0 Å². The number of carbonyl (C=O) groups is 2. The molecule has 2 heterocycles. The molecule has 0 spiro atoms. The summed E-state index contributed by atoms with van der Waals surface area (Å²) in [7, 11) is 0. The molecular formula is C17H23ClFN3O2. The van der Waals surface area contributed by atoms with Crippen LogP contribution in [0.5, 0.6) is 0 Å². The van der Waals surface area contributed by atoms with Crippen LogP contribution in [0.3, 0.4) is 0 Å². The molecule has 2 N–H and O–H groups in total. The SMILES string of the molecule is CCCN(C(=O)C1CC(=O)Nc2cc(F)ccc21)C1CCNC1.Cl. The summed E-state index contributed by atoms with van der Waals surface area (Å²) in [6.07, 6.45) is 1.93. The van der Waals surface area contributed by atoms with Crippen molar-refractivity contribution >= 4 is 29.9 Å². The third-order valence-corrected chi connectivity index (χ3v) is 4.58. The van der Waals surface area contributed by atoms with Crippen LogP contribution in [0.1, 0.15) is 37.7 Å². The summed E-state index contributed by atoms with van der Waals surface area (Å²) in [5.74, 6) is -1.19. The Balaban J connectivity index is 0.00000208. The molecule has 0 bridgehead atoms. The molecule has 0 aliphatic carbocycles. The molecule has 2 unspecified atom stereocenters. The van der Waals surface area contributed by atoms with Crippen LogP contribution in [0.4, 0.5) is 10.1 Å². The molecule has 2 amide bonds. The zero-order valence-corrected chi connectivity index (χ0v) is 14.5. The van der Waals surface area contributed by atoms with E-state index >= 15 is 0 Å². The zero-order chi connectivity index (χ0) is 16.4.